The Kier molecular flexibility index (Phi) is 3.84. The highest BCUT2D eigenvalue weighted by Crippen LogP contribution is 2.31. The predicted octanol–water partition coefficient (Wildman–Crippen LogP) is 2.94. The summed E-state index contributed by atoms with van der Waals surface area (Å²) in [5.41, 5.74) is -0.0472. The molecule has 0 aromatic carbocycles. The molecule has 0 bridgehead atoms. The molecule has 0 unspecified atom stereocenters. The molecule has 0 spiro atoms. The van der Waals surface area contributed by atoms with Crippen LogP contribution in [0.4, 0.5) is 5.82 Å². The average molecular weight is 285 g/mol. The van der Waals surface area contributed by atoms with Gasteiger partial charge in [0, 0.05) is 5.54 Å². The molecule has 0 amide bonds. The van der Waals surface area contributed by atoms with Gasteiger partial charge in [-0.3, -0.25) is 4.57 Å². The molecule has 1 aromatic heterocycles. The lowest BCUT2D eigenvalue weighted by atomic mass is 10.1. The molecule has 2 rings (SSSR count). The highest BCUT2D eigenvalue weighted by Gasteiger charge is 2.23. The number of nitrogens with zero attached hydrogens (tertiary/aromatic N) is 2. The monoisotopic (exact) mass is 285 g/mol. The molecule has 0 saturated carbocycles. The molecule has 110 valence electrons. The van der Waals surface area contributed by atoms with Crippen LogP contribution in [0.1, 0.15) is 20.8 Å². The van der Waals surface area contributed by atoms with Crippen LogP contribution >= 0.6 is 0 Å². The largest absolute Gasteiger partial charge is 0.450 e. The summed E-state index contributed by atoms with van der Waals surface area (Å²) in [5, 5.41) is 3.05. The lowest BCUT2D eigenvalue weighted by molar-refractivity contribution is 0.359. The van der Waals surface area contributed by atoms with Crippen LogP contribution in [0.2, 0.25) is 0 Å². The summed E-state index contributed by atoms with van der Waals surface area (Å²) < 4.78 is 7.36. The van der Waals surface area contributed by atoms with Gasteiger partial charge in [0.2, 0.25) is 0 Å². The third-order valence-corrected chi connectivity index (χ3v) is 2.94. The summed E-state index contributed by atoms with van der Waals surface area (Å²) >= 11 is 0. The number of fused-ring (bicyclic) bond motifs is 1. The summed E-state index contributed by atoms with van der Waals surface area (Å²) in [6.45, 7) is 13.2. The van der Waals surface area contributed by atoms with Crippen LogP contribution in [0, 0.1) is 0 Å². The van der Waals surface area contributed by atoms with Gasteiger partial charge in [0.1, 0.15) is 0 Å². The summed E-state index contributed by atoms with van der Waals surface area (Å²) in [6, 6.07) is 0. The highest BCUT2D eigenvalue weighted by atomic mass is 16.5. The fourth-order valence-corrected chi connectivity index (χ4v) is 1.88. The van der Waals surface area contributed by atoms with Crippen molar-refractivity contribution in [3.63, 3.8) is 0 Å². The van der Waals surface area contributed by atoms with Crippen molar-refractivity contribution in [1.29, 1.82) is 0 Å². The van der Waals surface area contributed by atoms with Gasteiger partial charge in [-0.25, -0.2) is 4.79 Å². The topological polar surface area (TPSA) is 56.2 Å². The molecule has 5 nitrogen and oxygen atoms in total. The standard InChI is InChI=1S/C16H19N3O2/c1-6-8-9-12-11(7-2)17-14-13(21-12)10-19(15(20)18-14)16(3,4)5/h6-10H,1-2H2,3-5H3,(H,17,18,20)/b9-8-. The van der Waals surface area contributed by atoms with Crippen LogP contribution in [-0.4, -0.2) is 9.55 Å². The Hall–Kier alpha value is -2.56. The fourth-order valence-electron chi connectivity index (χ4n) is 1.88. The Morgan fingerprint density at radius 3 is 2.67 bits per heavy atom. The van der Waals surface area contributed by atoms with Crippen LogP contribution in [0.5, 0.6) is 5.75 Å². The quantitative estimate of drug-likeness (QED) is 0.868. The maximum absolute atomic E-state index is 12.1. The van der Waals surface area contributed by atoms with Crippen molar-refractivity contribution in [3.05, 3.63) is 65.6 Å². The van der Waals surface area contributed by atoms with Gasteiger partial charge < -0.3 is 10.1 Å². The Morgan fingerprint density at radius 1 is 1.38 bits per heavy atom. The van der Waals surface area contributed by atoms with Gasteiger partial charge in [0.05, 0.1) is 11.9 Å². The van der Waals surface area contributed by atoms with E-state index in [0.29, 0.717) is 23.0 Å². The second kappa shape index (κ2) is 5.44. The van der Waals surface area contributed by atoms with Crippen LogP contribution in [0.25, 0.3) is 0 Å². The summed E-state index contributed by atoms with van der Waals surface area (Å²) in [7, 11) is 0. The summed E-state index contributed by atoms with van der Waals surface area (Å²) in [5.74, 6) is 1.49. The molecule has 5 heteroatoms. The molecule has 2 heterocycles. The number of anilines is 1. The number of ether oxygens (including phenoxy) is 1. The number of aromatic nitrogens is 2. The molecule has 1 N–H and O–H groups in total. The number of allylic oxidation sites excluding steroid dienone is 4. The molecule has 21 heavy (non-hydrogen) atoms. The van der Waals surface area contributed by atoms with E-state index in [9.17, 15) is 4.79 Å². The van der Waals surface area contributed by atoms with E-state index in [4.69, 9.17) is 4.74 Å². The van der Waals surface area contributed by atoms with Gasteiger partial charge in [0.15, 0.2) is 17.3 Å². The Bertz CT molecular complexity index is 703. The average Bonchev–Trinajstić information content (AvgIpc) is 2.42. The van der Waals surface area contributed by atoms with Gasteiger partial charge in [0.25, 0.3) is 0 Å². The first-order valence-electron chi connectivity index (χ1n) is 6.61. The minimum absolute atomic E-state index is 0.328. The van der Waals surface area contributed by atoms with Gasteiger partial charge in [-0.1, -0.05) is 25.3 Å². The third kappa shape index (κ3) is 2.97. The molecule has 0 radical (unpaired) electrons. The van der Waals surface area contributed by atoms with E-state index >= 15 is 0 Å². The molecular weight excluding hydrogens is 266 g/mol. The van der Waals surface area contributed by atoms with Crippen molar-refractivity contribution in [2.24, 2.45) is 0 Å². The van der Waals surface area contributed by atoms with E-state index in [-0.39, 0.29) is 11.2 Å². The van der Waals surface area contributed by atoms with E-state index in [2.05, 4.69) is 23.5 Å². The van der Waals surface area contributed by atoms with Gasteiger partial charge in [-0.05, 0) is 32.9 Å². The zero-order valence-electron chi connectivity index (χ0n) is 12.5. The second-order valence-electron chi connectivity index (χ2n) is 5.58. The highest BCUT2D eigenvalue weighted by molar-refractivity contribution is 5.60. The van der Waals surface area contributed by atoms with E-state index in [1.54, 1.807) is 35.1 Å². The lowest BCUT2D eigenvalue weighted by Crippen LogP contribution is -2.36. The van der Waals surface area contributed by atoms with Crippen molar-refractivity contribution < 1.29 is 4.74 Å². The smallest absolute Gasteiger partial charge is 0.350 e. The molecule has 1 aliphatic heterocycles. The number of hydrogen-bond acceptors (Lipinski definition) is 4. The SMILES string of the molecule is C=C/C=C\C1=C(C=C)Nc2nc(=O)n(C(C)(C)C)cc2O1. The van der Waals surface area contributed by atoms with Gasteiger partial charge >= 0.3 is 5.69 Å². The summed E-state index contributed by atoms with van der Waals surface area (Å²) in [6.07, 6.45) is 8.47. The van der Waals surface area contributed by atoms with Crippen LogP contribution < -0.4 is 15.7 Å². The van der Waals surface area contributed by atoms with E-state index in [0.717, 1.165) is 0 Å². The van der Waals surface area contributed by atoms with Crippen LogP contribution in [0.15, 0.2) is 59.9 Å². The third-order valence-electron chi connectivity index (χ3n) is 2.94. The van der Waals surface area contributed by atoms with Crippen LogP contribution in [0.3, 0.4) is 0 Å². The lowest BCUT2D eigenvalue weighted by Gasteiger charge is -2.26. The molecule has 0 atom stereocenters. The molecule has 0 aliphatic carbocycles. The van der Waals surface area contributed by atoms with E-state index in [1.165, 1.54) is 0 Å². The number of hydrogen-bond donors (Lipinski definition) is 1. The maximum Gasteiger partial charge on any atom is 0.350 e. The molecule has 1 aromatic rings. The van der Waals surface area contributed by atoms with E-state index in [1.807, 2.05) is 20.8 Å². The van der Waals surface area contributed by atoms with Gasteiger partial charge in [-0.2, -0.15) is 4.98 Å². The first-order valence-corrected chi connectivity index (χ1v) is 6.61. The normalized spacial score (nSPS) is 14.4. The molecule has 0 saturated heterocycles. The van der Waals surface area contributed by atoms with Crippen molar-refractivity contribution in [2.45, 2.75) is 26.3 Å². The minimum atomic E-state index is -0.373. The summed E-state index contributed by atoms with van der Waals surface area (Å²) in [4.78, 5) is 16.1. The fraction of sp³-hybridized carbons (Fsp3) is 0.250. The molecular formula is C16H19N3O2. The Morgan fingerprint density at radius 2 is 2.10 bits per heavy atom. The van der Waals surface area contributed by atoms with Crippen molar-refractivity contribution in [3.8, 4) is 5.75 Å². The Labute approximate surface area is 124 Å². The zero-order chi connectivity index (χ0) is 15.6. The van der Waals surface area contributed by atoms with E-state index < -0.39 is 0 Å². The zero-order valence-corrected chi connectivity index (χ0v) is 12.5. The van der Waals surface area contributed by atoms with Crippen molar-refractivity contribution >= 4 is 5.82 Å². The van der Waals surface area contributed by atoms with Crippen molar-refractivity contribution in [2.75, 3.05) is 5.32 Å². The second-order valence-corrected chi connectivity index (χ2v) is 5.58. The minimum Gasteiger partial charge on any atom is -0.450 e. The number of nitrogens with one attached hydrogen (secondary N) is 1. The number of rotatable bonds is 3. The first-order chi connectivity index (χ1) is 9.86. The first kappa shape index (κ1) is 14.8. The van der Waals surface area contributed by atoms with Gasteiger partial charge in [-0.15, -0.1) is 0 Å². The van der Waals surface area contributed by atoms with Crippen LogP contribution in [-0.2, 0) is 5.54 Å². The Balaban J connectivity index is 2.51. The molecule has 0 fully saturated rings. The predicted molar refractivity (Wildman–Crippen MR) is 84.3 cm³/mol. The van der Waals surface area contributed by atoms with Crippen molar-refractivity contribution in [1.82, 2.24) is 9.55 Å². The molecule has 1 aliphatic rings. The maximum atomic E-state index is 12.1.